The van der Waals surface area contributed by atoms with Crippen LogP contribution in [0.15, 0.2) is 12.1 Å². The van der Waals surface area contributed by atoms with Crippen molar-refractivity contribution in [3.8, 4) is 0 Å². The van der Waals surface area contributed by atoms with Crippen molar-refractivity contribution in [1.29, 1.82) is 0 Å². The lowest BCUT2D eigenvalue weighted by Crippen LogP contribution is -2.02. The minimum atomic E-state index is -0.100. The molecule has 0 aliphatic heterocycles. The Bertz CT molecular complexity index is 294. The normalized spacial score (nSPS) is 10.5. The smallest absolute Gasteiger partial charge is 0.126 e. The Morgan fingerprint density at radius 2 is 1.85 bits per heavy atom. The van der Waals surface area contributed by atoms with E-state index < -0.39 is 0 Å². The highest BCUT2D eigenvalue weighted by atomic mass is 19.1. The highest BCUT2D eigenvalue weighted by molar-refractivity contribution is 5.31. The zero-order valence-electron chi connectivity index (χ0n) is 8.23. The number of aryl methyl sites for hydroxylation is 3. The van der Waals surface area contributed by atoms with Gasteiger partial charge in [-0.05, 0) is 56.0 Å². The highest BCUT2D eigenvalue weighted by Crippen LogP contribution is 2.15. The molecule has 0 amide bonds. The molecule has 72 valence electrons. The summed E-state index contributed by atoms with van der Waals surface area (Å²) in [5.41, 5.74) is 8.31. The molecule has 0 atom stereocenters. The van der Waals surface area contributed by atoms with Crippen LogP contribution in [-0.2, 0) is 6.42 Å². The number of nitrogens with two attached hydrogens (primary N) is 1. The van der Waals surface area contributed by atoms with Gasteiger partial charge in [0.1, 0.15) is 5.82 Å². The van der Waals surface area contributed by atoms with Crippen LogP contribution in [0.1, 0.15) is 23.1 Å². The molecule has 0 spiro atoms. The molecule has 1 rings (SSSR count). The summed E-state index contributed by atoms with van der Waals surface area (Å²) in [6.45, 7) is 4.54. The summed E-state index contributed by atoms with van der Waals surface area (Å²) in [6.07, 6.45) is 1.59. The lowest BCUT2D eigenvalue weighted by atomic mass is 10.0. The van der Waals surface area contributed by atoms with Crippen molar-refractivity contribution in [2.24, 2.45) is 5.73 Å². The molecule has 0 bridgehead atoms. The van der Waals surface area contributed by atoms with E-state index in [0.717, 1.165) is 29.5 Å². The van der Waals surface area contributed by atoms with Gasteiger partial charge in [0.05, 0.1) is 0 Å². The van der Waals surface area contributed by atoms with Gasteiger partial charge in [-0.25, -0.2) is 4.39 Å². The predicted octanol–water partition coefficient (Wildman–Crippen LogP) is 2.33. The fraction of sp³-hybridized carbons (Fsp3) is 0.455. The van der Waals surface area contributed by atoms with Crippen LogP contribution in [0, 0.1) is 19.7 Å². The molecule has 0 heterocycles. The maximum absolute atomic E-state index is 13.3. The Morgan fingerprint density at radius 3 is 2.46 bits per heavy atom. The van der Waals surface area contributed by atoms with E-state index in [1.165, 1.54) is 0 Å². The van der Waals surface area contributed by atoms with Crippen molar-refractivity contribution < 1.29 is 4.39 Å². The van der Waals surface area contributed by atoms with Gasteiger partial charge in [-0.2, -0.15) is 0 Å². The van der Waals surface area contributed by atoms with Crippen LogP contribution in [0.4, 0.5) is 4.39 Å². The van der Waals surface area contributed by atoms with E-state index in [-0.39, 0.29) is 5.82 Å². The number of hydrogen-bond donors (Lipinski definition) is 1. The maximum atomic E-state index is 13.3. The van der Waals surface area contributed by atoms with Crippen LogP contribution < -0.4 is 5.73 Å². The van der Waals surface area contributed by atoms with E-state index in [1.54, 1.807) is 6.07 Å². The van der Waals surface area contributed by atoms with Crippen LogP contribution in [0.25, 0.3) is 0 Å². The van der Waals surface area contributed by atoms with Crippen LogP contribution in [-0.4, -0.2) is 6.54 Å². The van der Waals surface area contributed by atoms with Crippen LogP contribution in [0.5, 0.6) is 0 Å². The van der Waals surface area contributed by atoms with E-state index >= 15 is 0 Å². The first-order valence-corrected chi connectivity index (χ1v) is 4.61. The van der Waals surface area contributed by atoms with Crippen molar-refractivity contribution in [1.82, 2.24) is 0 Å². The average Bonchev–Trinajstić information content (AvgIpc) is 2.09. The number of rotatable bonds is 3. The van der Waals surface area contributed by atoms with E-state index in [0.29, 0.717) is 6.54 Å². The van der Waals surface area contributed by atoms with Gasteiger partial charge in [0.2, 0.25) is 0 Å². The predicted molar refractivity (Wildman–Crippen MR) is 53.2 cm³/mol. The molecule has 0 fully saturated rings. The molecule has 0 unspecified atom stereocenters. The summed E-state index contributed by atoms with van der Waals surface area (Å²) in [5, 5.41) is 0. The van der Waals surface area contributed by atoms with Crippen molar-refractivity contribution in [3.63, 3.8) is 0 Å². The van der Waals surface area contributed by atoms with Crippen LogP contribution >= 0.6 is 0 Å². The zero-order chi connectivity index (χ0) is 9.84. The Labute approximate surface area is 78.8 Å². The van der Waals surface area contributed by atoms with Gasteiger partial charge in [-0.1, -0.05) is 6.07 Å². The topological polar surface area (TPSA) is 26.0 Å². The van der Waals surface area contributed by atoms with Gasteiger partial charge in [0.25, 0.3) is 0 Å². The van der Waals surface area contributed by atoms with Gasteiger partial charge in [-0.3, -0.25) is 0 Å². The third kappa shape index (κ3) is 2.52. The van der Waals surface area contributed by atoms with E-state index in [1.807, 2.05) is 19.9 Å². The largest absolute Gasteiger partial charge is 0.330 e. The van der Waals surface area contributed by atoms with Crippen molar-refractivity contribution in [3.05, 3.63) is 34.6 Å². The van der Waals surface area contributed by atoms with Gasteiger partial charge >= 0.3 is 0 Å². The molecule has 13 heavy (non-hydrogen) atoms. The molecule has 2 heteroatoms. The Morgan fingerprint density at radius 1 is 1.23 bits per heavy atom. The number of halogens is 1. The molecule has 1 nitrogen and oxygen atoms in total. The first kappa shape index (κ1) is 10.2. The minimum Gasteiger partial charge on any atom is -0.330 e. The second-order valence-corrected chi connectivity index (χ2v) is 3.42. The standard InChI is InChI=1S/C11H16FN/c1-8-6-10(4-3-5-13)11(12)7-9(8)2/h6-7H,3-5,13H2,1-2H3. The fourth-order valence-corrected chi connectivity index (χ4v) is 1.32. The minimum absolute atomic E-state index is 0.100. The third-order valence-electron chi connectivity index (χ3n) is 2.31. The fourth-order valence-electron chi connectivity index (χ4n) is 1.32. The average molecular weight is 181 g/mol. The Kier molecular flexibility index (Phi) is 3.43. The highest BCUT2D eigenvalue weighted by Gasteiger charge is 2.03. The molecule has 0 aliphatic carbocycles. The lowest BCUT2D eigenvalue weighted by Gasteiger charge is -2.06. The summed E-state index contributed by atoms with van der Waals surface area (Å²) in [4.78, 5) is 0. The maximum Gasteiger partial charge on any atom is 0.126 e. The second-order valence-electron chi connectivity index (χ2n) is 3.42. The summed E-state index contributed by atoms with van der Waals surface area (Å²) in [7, 11) is 0. The molecule has 1 aromatic rings. The van der Waals surface area contributed by atoms with Crippen molar-refractivity contribution >= 4 is 0 Å². The third-order valence-corrected chi connectivity index (χ3v) is 2.31. The zero-order valence-corrected chi connectivity index (χ0v) is 8.23. The molecule has 0 aromatic heterocycles. The van der Waals surface area contributed by atoms with Gasteiger partial charge in [-0.15, -0.1) is 0 Å². The Hall–Kier alpha value is -0.890. The summed E-state index contributed by atoms with van der Waals surface area (Å²) < 4.78 is 13.3. The van der Waals surface area contributed by atoms with Crippen molar-refractivity contribution in [2.75, 3.05) is 6.54 Å². The van der Waals surface area contributed by atoms with Crippen LogP contribution in [0.3, 0.4) is 0 Å². The molecule has 0 aliphatic rings. The van der Waals surface area contributed by atoms with Crippen LogP contribution in [0.2, 0.25) is 0 Å². The molecule has 1 aromatic carbocycles. The first-order valence-electron chi connectivity index (χ1n) is 4.61. The molecular weight excluding hydrogens is 165 g/mol. The lowest BCUT2D eigenvalue weighted by molar-refractivity contribution is 0.603. The molecular formula is C11H16FN. The number of hydrogen-bond acceptors (Lipinski definition) is 1. The van der Waals surface area contributed by atoms with E-state index in [2.05, 4.69) is 0 Å². The first-order chi connectivity index (χ1) is 6.15. The molecule has 0 saturated heterocycles. The quantitative estimate of drug-likeness (QED) is 0.761. The summed E-state index contributed by atoms with van der Waals surface area (Å²) in [5.74, 6) is -0.100. The molecule has 0 saturated carbocycles. The van der Waals surface area contributed by atoms with Gasteiger partial charge in [0, 0.05) is 0 Å². The van der Waals surface area contributed by atoms with Gasteiger partial charge < -0.3 is 5.73 Å². The SMILES string of the molecule is Cc1cc(F)c(CCCN)cc1C. The Balaban J connectivity index is 2.88. The summed E-state index contributed by atoms with van der Waals surface area (Å²) >= 11 is 0. The monoisotopic (exact) mass is 181 g/mol. The second kappa shape index (κ2) is 4.38. The van der Waals surface area contributed by atoms with Crippen molar-refractivity contribution in [2.45, 2.75) is 26.7 Å². The molecule has 2 N–H and O–H groups in total. The molecule has 0 radical (unpaired) electrons. The van der Waals surface area contributed by atoms with Gasteiger partial charge in [0.15, 0.2) is 0 Å². The van der Waals surface area contributed by atoms with E-state index in [4.69, 9.17) is 5.73 Å². The summed E-state index contributed by atoms with van der Waals surface area (Å²) in [6, 6.07) is 3.52. The van der Waals surface area contributed by atoms with E-state index in [9.17, 15) is 4.39 Å². The number of benzene rings is 1.